The Morgan fingerprint density at radius 3 is 2.80 bits per heavy atom. The fraction of sp³-hybridized carbons (Fsp3) is 0.364. The lowest BCUT2D eigenvalue weighted by Gasteiger charge is -2.12. The van der Waals surface area contributed by atoms with E-state index < -0.39 is 0 Å². The molecule has 2 rings (SSSR count). The van der Waals surface area contributed by atoms with Crippen LogP contribution in [0.15, 0.2) is 22.7 Å². The summed E-state index contributed by atoms with van der Waals surface area (Å²) in [4.78, 5) is 11.9. The third-order valence-electron chi connectivity index (χ3n) is 2.68. The van der Waals surface area contributed by atoms with Gasteiger partial charge in [-0.15, -0.1) is 0 Å². The largest absolute Gasteiger partial charge is 0.398 e. The van der Waals surface area contributed by atoms with Gasteiger partial charge in [0.2, 0.25) is 0 Å². The predicted octanol–water partition coefficient (Wildman–Crippen LogP) is 2.31. The van der Waals surface area contributed by atoms with E-state index in [-0.39, 0.29) is 11.4 Å². The molecule has 0 aliphatic heterocycles. The van der Waals surface area contributed by atoms with Gasteiger partial charge in [0.15, 0.2) is 0 Å². The molecule has 1 saturated carbocycles. The number of nitrogens with two attached hydrogens (primary N) is 1. The zero-order chi connectivity index (χ0) is 11.1. The van der Waals surface area contributed by atoms with Crippen molar-refractivity contribution >= 4 is 27.5 Å². The fourth-order valence-corrected chi connectivity index (χ4v) is 1.74. The maximum Gasteiger partial charge on any atom is 0.253 e. The summed E-state index contributed by atoms with van der Waals surface area (Å²) in [5.41, 5.74) is 6.79. The predicted molar refractivity (Wildman–Crippen MR) is 63.7 cm³/mol. The molecule has 3 nitrogen and oxygen atoms in total. The molecule has 1 aromatic carbocycles. The Kier molecular flexibility index (Phi) is 2.46. The summed E-state index contributed by atoms with van der Waals surface area (Å²) in [7, 11) is 0. The molecule has 0 aromatic heterocycles. The van der Waals surface area contributed by atoms with Gasteiger partial charge in [0.05, 0.1) is 5.56 Å². The molecule has 0 radical (unpaired) electrons. The number of nitrogens with one attached hydrogen (secondary N) is 1. The van der Waals surface area contributed by atoms with Crippen molar-refractivity contribution in [1.29, 1.82) is 0 Å². The van der Waals surface area contributed by atoms with Gasteiger partial charge in [0, 0.05) is 15.7 Å². The highest BCUT2D eigenvalue weighted by Gasteiger charge is 2.39. The van der Waals surface area contributed by atoms with Crippen LogP contribution in [0.3, 0.4) is 0 Å². The molecule has 0 unspecified atom stereocenters. The third-order valence-corrected chi connectivity index (χ3v) is 3.17. The molecule has 80 valence electrons. The second-order valence-electron chi connectivity index (χ2n) is 4.25. The Labute approximate surface area is 97.2 Å². The first-order valence-electron chi connectivity index (χ1n) is 4.88. The van der Waals surface area contributed by atoms with E-state index in [0.29, 0.717) is 11.3 Å². The quantitative estimate of drug-likeness (QED) is 0.809. The first-order chi connectivity index (χ1) is 7.00. The number of carbonyl (C=O) groups excluding carboxylic acids is 1. The van der Waals surface area contributed by atoms with Crippen molar-refractivity contribution in [3.8, 4) is 0 Å². The minimum Gasteiger partial charge on any atom is -0.398 e. The van der Waals surface area contributed by atoms with Crippen molar-refractivity contribution in [2.24, 2.45) is 0 Å². The monoisotopic (exact) mass is 268 g/mol. The minimum absolute atomic E-state index is 0.00809. The van der Waals surface area contributed by atoms with Crippen LogP contribution in [-0.4, -0.2) is 11.4 Å². The maximum atomic E-state index is 11.9. The lowest BCUT2D eigenvalue weighted by atomic mass is 10.1. The fourth-order valence-electron chi connectivity index (χ4n) is 1.38. The summed E-state index contributed by atoms with van der Waals surface area (Å²) < 4.78 is 0.864. The van der Waals surface area contributed by atoms with Gasteiger partial charge in [0.1, 0.15) is 0 Å². The molecule has 1 aliphatic rings. The van der Waals surface area contributed by atoms with E-state index in [0.717, 1.165) is 17.3 Å². The molecule has 0 bridgehead atoms. The highest BCUT2D eigenvalue weighted by molar-refractivity contribution is 9.10. The van der Waals surface area contributed by atoms with Crippen LogP contribution in [0.2, 0.25) is 0 Å². The number of halogens is 1. The summed E-state index contributed by atoms with van der Waals surface area (Å²) >= 11 is 3.32. The van der Waals surface area contributed by atoms with Crippen molar-refractivity contribution in [2.75, 3.05) is 5.73 Å². The van der Waals surface area contributed by atoms with Crippen LogP contribution in [0.4, 0.5) is 5.69 Å². The van der Waals surface area contributed by atoms with Gasteiger partial charge in [-0.05, 0) is 38.0 Å². The van der Waals surface area contributed by atoms with Gasteiger partial charge >= 0.3 is 0 Å². The van der Waals surface area contributed by atoms with Crippen LogP contribution in [0.25, 0.3) is 0 Å². The smallest absolute Gasteiger partial charge is 0.253 e. The van der Waals surface area contributed by atoms with Gasteiger partial charge in [-0.1, -0.05) is 15.9 Å². The first kappa shape index (κ1) is 10.5. The number of benzene rings is 1. The van der Waals surface area contributed by atoms with Gasteiger partial charge in [-0.25, -0.2) is 0 Å². The number of amides is 1. The van der Waals surface area contributed by atoms with Crippen molar-refractivity contribution in [3.63, 3.8) is 0 Å². The number of hydrogen-bond donors (Lipinski definition) is 2. The summed E-state index contributed by atoms with van der Waals surface area (Å²) in [6.07, 6.45) is 2.10. The van der Waals surface area contributed by atoms with E-state index in [9.17, 15) is 4.79 Å². The van der Waals surface area contributed by atoms with Crippen LogP contribution in [0, 0.1) is 0 Å². The molecule has 0 atom stereocenters. The van der Waals surface area contributed by atoms with Crippen molar-refractivity contribution in [3.05, 3.63) is 28.2 Å². The Hall–Kier alpha value is -1.03. The summed E-state index contributed by atoms with van der Waals surface area (Å²) in [5, 5.41) is 2.97. The van der Waals surface area contributed by atoms with E-state index in [1.165, 1.54) is 0 Å². The van der Waals surface area contributed by atoms with Gasteiger partial charge < -0.3 is 11.1 Å². The zero-order valence-corrected chi connectivity index (χ0v) is 10.1. The van der Waals surface area contributed by atoms with Gasteiger partial charge in [-0.3, -0.25) is 4.79 Å². The third kappa shape index (κ3) is 2.31. The van der Waals surface area contributed by atoms with E-state index in [1.807, 2.05) is 13.0 Å². The highest BCUT2D eigenvalue weighted by Crippen LogP contribution is 2.34. The topological polar surface area (TPSA) is 55.1 Å². The molecular weight excluding hydrogens is 256 g/mol. The van der Waals surface area contributed by atoms with Gasteiger partial charge in [0.25, 0.3) is 5.91 Å². The SMILES string of the molecule is CC1(NC(=O)c2cc(Br)ccc2N)CC1. The number of nitrogen functional groups attached to an aromatic ring is 1. The van der Waals surface area contributed by atoms with Crippen molar-refractivity contribution in [1.82, 2.24) is 5.32 Å². The normalized spacial score (nSPS) is 17.2. The first-order valence-corrected chi connectivity index (χ1v) is 5.67. The van der Waals surface area contributed by atoms with Crippen LogP contribution in [0.1, 0.15) is 30.1 Å². The second-order valence-corrected chi connectivity index (χ2v) is 5.16. The van der Waals surface area contributed by atoms with Crippen LogP contribution in [-0.2, 0) is 0 Å². The number of carbonyl (C=O) groups is 1. The van der Waals surface area contributed by atoms with Crippen LogP contribution >= 0.6 is 15.9 Å². The van der Waals surface area contributed by atoms with E-state index in [2.05, 4.69) is 21.2 Å². The molecule has 0 saturated heterocycles. The lowest BCUT2D eigenvalue weighted by Crippen LogP contribution is -2.34. The number of rotatable bonds is 2. The standard InChI is InChI=1S/C11H13BrN2O/c1-11(4-5-11)14-10(15)8-6-7(12)2-3-9(8)13/h2-3,6H,4-5,13H2,1H3,(H,14,15). The van der Waals surface area contributed by atoms with E-state index >= 15 is 0 Å². The Morgan fingerprint density at radius 2 is 2.20 bits per heavy atom. The Balaban J connectivity index is 2.21. The summed E-state index contributed by atoms with van der Waals surface area (Å²) in [6.45, 7) is 2.04. The molecule has 1 fully saturated rings. The molecule has 1 aromatic rings. The number of anilines is 1. The molecule has 0 heterocycles. The van der Waals surface area contributed by atoms with Crippen LogP contribution in [0.5, 0.6) is 0 Å². The van der Waals surface area contributed by atoms with E-state index in [1.54, 1.807) is 12.1 Å². The Bertz CT molecular complexity index is 413. The average Bonchev–Trinajstić information content (AvgIpc) is 2.87. The Morgan fingerprint density at radius 1 is 1.53 bits per heavy atom. The van der Waals surface area contributed by atoms with Crippen LogP contribution < -0.4 is 11.1 Å². The second kappa shape index (κ2) is 3.52. The summed E-state index contributed by atoms with van der Waals surface area (Å²) in [5.74, 6) is -0.0891. The molecule has 1 aliphatic carbocycles. The molecular formula is C11H13BrN2O. The van der Waals surface area contributed by atoms with Gasteiger partial charge in [-0.2, -0.15) is 0 Å². The highest BCUT2D eigenvalue weighted by atomic mass is 79.9. The molecule has 15 heavy (non-hydrogen) atoms. The van der Waals surface area contributed by atoms with Crippen molar-refractivity contribution in [2.45, 2.75) is 25.3 Å². The number of hydrogen-bond acceptors (Lipinski definition) is 2. The molecule has 1 amide bonds. The minimum atomic E-state index is -0.0891. The van der Waals surface area contributed by atoms with Crippen molar-refractivity contribution < 1.29 is 4.79 Å². The molecule has 3 N–H and O–H groups in total. The zero-order valence-electron chi connectivity index (χ0n) is 8.51. The molecule has 4 heteroatoms. The lowest BCUT2D eigenvalue weighted by molar-refractivity contribution is 0.0936. The maximum absolute atomic E-state index is 11.9. The summed E-state index contributed by atoms with van der Waals surface area (Å²) in [6, 6.07) is 5.30. The average molecular weight is 269 g/mol. The molecule has 0 spiro atoms. The van der Waals surface area contributed by atoms with E-state index in [4.69, 9.17) is 5.73 Å².